The van der Waals surface area contributed by atoms with Crippen LogP contribution in [0.25, 0.3) is 0 Å². The number of hydrogen-bond donors (Lipinski definition) is 0. The van der Waals surface area contributed by atoms with Gasteiger partial charge in [-0.25, -0.2) is 13.2 Å². The monoisotopic (exact) mass is 451 g/mol. The summed E-state index contributed by atoms with van der Waals surface area (Å²) in [6.07, 6.45) is -0.700. The fraction of sp³-hybridized carbons (Fsp3) is 0.500. The van der Waals surface area contributed by atoms with Crippen molar-refractivity contribution in [2.24, 2.45) is 5.92 Å². The van der Waals surface area contributed by atoms with Gasteiger partial charge in [0.25, 0.3) is 5.69 Å². The summed E-state index contributed by atoms with van der Waals surface area (Å²) in [5.41, 5.74) is -0.00721. The average molecular weight is 451 g/mol. The predicted octanol–water partition coefficient (Wildman–Crippen LogP) is 1.62. The molecule has 0 radical (unpaired) electrons. The van der Waals surface area contributed by atoms with Crippen molar-refractivity contribution in [2.75, 3.05) is 19.7 Å². The number of rotatable bonds is 7. The maximum atomic E-state index is 13.0. The van der Waals surface area contributed by atoms with Gasteiger partial charge in [-0.05, 0) is 18.9 Å². The van der Waals surface area contributed by atoms with Gasteiger partial charge in [0.1, 0.15) is 6.61 Å². The van der Waals surface area contributed by atoms with E-state index in [0.717, 1.165) is 0 Å². The van der Waals surface area contributed by atoms with E-state index in [1.54, 1.807) is 6.07 Å². The maximum Gasteiger partial charge on any atom is 0.410 e. The number of carbonyl (C=O) groups excluding carboxylic acids is 2. The standard InChI is InChI=1S/C16H18F2N2O9S/c17-16(18,30(25,26)27)10-29-14(21)11-5-7-19(8-6-11)15(22)28-9-12-3-1-2-4-13(12)20(23)24/h1-4,11H,5-10H2,(H,25,26,27)/p-1. The van der Waals surface area contributed by atoms with Gasteiger partial charge in [0.15, 0.2) is 16.7 Å². The van der Waals surface area contributed by atoms with Gasteiger partial charge in [0.05, 0.1) is 16.4 Å². The second-order valence-corrected chi connectivity index (χ2v) is 7.91. The summed E-state index contributed by atoms with van der Waals surface area (Å²) in [6, 6.07) is 5.72. The molecular formula is C16H17F2N2O9S-. The molecule has 2 rings (SSSR count). The molecule has 0 bridgehead atoms. The van der Waals surface area contributed by atoms with E-state index in [-0.39, 0.29) is 43.8 Å². The minimum atomic E-state index is -5.96. The minimum Gasteiger partial charge on any atom is -0.743 e. The number of nitro benzene ring substituents is 1. The molecule has 30 heavy (non-hydrogen) atoms. The molecule has 0 unspecified atom stereocenters. The number of piperidine rings is 1. The molecule has 1 amide bonds. The lowest BCUT2D eigenvalue weighted by atomic mass is 9.97. The van der Waals surface area contributed by atoms with Gasteiger partial charge in [0.2, 0.25) is 0 Å². The molecule has 0 saturated carbocycles. The Hall–Kier alpha value is -2.87. The molecule has 1 aliphatic rings. The highest BCUT2D eigenvalue weighted by Gasteiger charge is 2.40. The molecule has 14 heteroatoms. The molecular weight excluding hydrogens is 434 g/mol. The van der Waals surface area contributed by atoms with Crippen LogP contribution in [0.15, 0.2) is 24.3 Å². The Labute approximate surface area is 169 Å². The van der Waals surface area contributed by atoms with E-state index in [1.165, 1.54) is 23.1 Å². The second kappa shape index (κ2) is 9.30. The number of nitro groups is 1. The first-order chi connectivity index (χ1) is 13.9. The number of carbonyl (C=O) groups is 2. The van der Waals surface area contributed by atoms with Crippen LogP contribution in [0, 0.1) is 16.0 Å². The zero-order valence-electron chi connectivity index (χ0n) is 15.4. The highest BCUT2D eigenvalue weighted by atomic mass is 32.2. The third-order valence-electron chi connectivity index (χ3n) is 4.37. The number of alkyl halides is 2. The van der Waals surface area contributed by atoms with Gasteiger partial charge in [-0.3, -0.25) is 14.9 Å². The van der Waals surface area contributed by atoms with E-state index < -0.39 is 44.9 Å². The molecule has 1 fully saturated rings. The van der Waals surface area contributed by atoms with Crippen LogP contribution in [0.1, 0.15) is 18.4 Å². The van der Waals surface area contributed by atoms with E-state index in [4.69, 9.17) is 4.74 Å². The van der Waals surface area contributed by atoms with Crippen molar-refractivity contribution in [3.05, 3.63) is 39.9 Å². The Morgan fingerprint density at radius 2 is 1.80 bits per heavy atom. The molecule has 1 heterocycles. The summed E-state index contributed by atoms with van der Waals surface area (Å²) in [5, 5.41) is 6.22. The number of ether oxygens (including phenoxy) is 2. The van der Waals surface area contributed by atoms with E-state index in [1.807, 2.05) is 0 Å². The van der Waals surface area contributed by atoms with Crippen LogP contribution in [0.4, 0.5) is 19.3 Å². The second-order valence-electron chi connectivity index (χ2n) is 6.40. The van der Waals surface area contributed by atoms with Gasteiger partial charge in [-0.1, -0.05) is 12.1 Å². The largest absolute Gasteiger partial charge is 0.743 e. The fourth-order valence-corrected chi connectivity index (χ4v) is 2.89. The van der Waals surface area contributed by atoms with E-state index in [9.17, 15) is 41.5 Å². The summed E-state index contributed by atoms with van der Waals surface area (Å²) >= 11 is 0. The molecule has 166 valence electrons. The summed E-state index contributed by atoms with van der Waals surface area (Å²) in [6.45, 7) is -2.18. The molecule has 0 N–H and O–H groups in total. The van der Waals surface area contributed by atoms with Crippen LogP contribution in [0.3, 0.4) is 0 Å². The van der Waals surface area contributed by atoms with Crippen LogP contribution in [0.5, 0.6) is 0 Å². The topological polar surface area (TPSA) is 156 Å². The lowest BCUT2D eigenvalue weighted by Crippen LogP contribution is -2.42. The molecule has 1 aliphatic heterocycles. The average Bonchev–Trinajstić information content (AvgIpc) is 2.69. The number of para-hydroxylation sites is 1. The van der Waals surface area contributed by atoms with Crippen molar-refractivity contribution in [1.82, 2.24) is 4.90 Å². The van der Waals surface area contributed by atoms with Crippen LogP contribution < -0.4 is 0 Å². The lowest BCUT2D eigenvalue weighted by Gasteiger charge is -2.30. The van der Waals surface area contributed by atoms with Gasteiger partial charge < -0.3 is 18.9 Å². The number of halogens is 2. The van der Waals surface area contributed by atoms with Crippen LogP contribution >= 0.6 is 0 Å². The Kier molecular flexibility index (Phi) is 7.25. The van der Waals surface area contributed by atoms with Gasteiger partial charge in [0, 0.05) is 19.2 Å². The SMILES string of the molecule is O=C(OCC(F)(F)S(=O)(=O)[O-])C1CCN(C(=O)OCc2ccccc2[N+](=O)[O-])CC1. The molecule has 1 saturated heterocycles. The number of nitrogens with zero attached hydrogens (tertiary/aromatic N) is 2. The molecule has 0 aromatic heterocycles. The zero-order chi connectivity index (χ0) is 22.5. The molecule has 11 nitrogen and oxygen atoms in total. The van der Waals surface area contributed by atoms with Crippen molar-refractivity contribution >= 4 is 27.9 Å². The number of benzene rings is 1. The quantitative estimate of drug-likeness (QED) is 0.260. The Morgan fingerprint density at radius 3 is 2.37 bits per heavy atom. The molecule has 0 atom stereocenters. The lowest BCUT2D eigenvalue weighted by molar-refractivity contribution is -0.385. The molecule has 1 aromatic rings. The molecule has 0 aliphatic carbocycles. The van der Waals surface area contributed by atoms with Gasteiger partial charge in [-0.2, -0.15) is 8.78 Å². The smallest absolute Gasteiger partial charge is 0.410 e. The van der Waals surface area contributed by atoms with Gasteiger partial charge in [-0.15, -0.1) is 0 Å². The Bertz CT molecular complexity index is 915. The maximum absolute atomic E-state index is 13.0. The summed E-state index contributed by atoms with van der Waals surface area (Å²) < 4.78 is 66.5. The highest BCUT2D eigenvalue weighted by molar-refractivity contribution is 7.86. The first kappa shape index (κ1) is 23.4. The molecule has 0 spiro atoms. The number of amides is 1. The van der Waals surface area contributed by atoms with Crippen molar-refractivity contribution in [3.8, 4) is 0 Å². The number of esters is 1. The first-order valence-electron chi connectivity index (χ1n) is 8.56. The van der Waals surface area contributed by atoms with E-state index in [0.29, 0.717) is 0 Å². The van der Waals surface area contributed by atoms with Crippen molar-refractivity contribution in [3.63, 3.8) is 0 Å². The zero-order valence-corrected chi connectivity index (χ0v) is 16.2. The van der Waals surface area contributed by atoms with Crippen molar-refractivity contribution in [2.45, 2.75) is 24.7 Å². The van der Waals surface area contributed by atoms with Crippen molar-refractivity contribution < 1.29 is 45.7 Å². The third-order valence-corrected chi connectivity index (χ3v) is 5.22. The van der Waals surface area contributed by atoms with Crippen LogP contribution in [0.2, 0.25) is 0 Å². The van der Waals surface area contributed by atoms with E-state index >= 15 is 0 Å². The minimum absolute atomic E-state index is 0.0196. The van der Waals surface area contributed by atoms with Crippen LogP contribution in [-0.4, -0.2) is 59.8 Å². The highest BCUT2D eigenvalue weighted by Crippen LogP contribution is 2.24. The Morgan fingerprint density at radius 1 is 1.20 bits per heavy atom. The predicted molar refractivity (Wildman–Crippen MR) is 93.2 cm³/mol. The third kappa shape index (κ3) is 5.82. The summed E-state index contributed by atoms with van der Waals surface area (Å²) in [4.78, 5) is 35.5. The van der Waals surface area contributed by atoms with E-state index in [2.05, 4.69) is 4.74 Å². The summed E-state index contributed by atoms with van der Waals surface area (Å²) in [5.74, 6) is -1.97. The summed E-state index contributed by atoms with van der Waals surface area (Å²) in [7, 11) is -5.96. The molecule has 1 aromatic carbocycles. The van der Waals surface area contributed by atoms with Gasteiger partial charge >= 0.3 is 17.3 Å². The normalized spacial score (nSPS) is 15.5. The fourth-order valence-electron chi connectivity index (χ4n) is 2.68. The van der Waals surface area contributed by atoms with Crippen LogP contribution in [-0.2, 0) is 31.0 Å². The Balaban J connectivity index is 1.82. The number of hydrogen-bond acceptors (Lipinski definition) is 9. The first-order valence-corrected chi connectivity index (χ1v) is 9.97. The van der Waals surface area contributed by atoms with Crippen molar-refractivity contribution in [1.29, 1.82) is 0 Å². The number of likely N-dealkylation sites (tertiary alicyclic amines) is 1.